The van der Waals surface area contributed by atoms with Crippen LogP contribution < -0.4 is 0 Å². The van der Waals surface area contributed by atoms with Crippen LogP contribution in [0, 0.1) is 5.92 Å². The Hall–Kier alpha value is -0.570. The van der Waals surface area contributed by atoms with E-state index >= 15 is 0 Å². The van der Waals surface area contributed by atoms with E-state index in [1.807, 2.05) is 6.92 Å². The summed E-state index contributed by atoms with van der Waals surface area (Å²) in [6.07, 6.45) is 6.77. The molecule has 0 spiro atoms. The van der Waals surface area contributed by atoms with Gasteiger partial charge < -0.3 is 9.84 Å². The van der Waals surface area contributed by atoms with Crippen LogP contribution in [0.5, 0.6) is 0 Å². The minimum atomic E-state index is -0.989. The highest BCUT2D eigenvalue weighted by Crippen LogP contribution is 2.26. The highest BCUT2D eigenvalue weighted by Gasteiger charge is 2.32. The lowest BCUT2D eigenvalue weighted by molar-refractivity contribution is -0.166. The van der Waals surface area contributed by atoms with Crippen molar-refractivity contribution in [3.63, 3.8) is 0 Å². The first-order valence-corrected chi connectivity index (χ1v) is 5.96. The summed E-state index contributed by atoms with van der Waals surface area (Å²) in [5, 5.41) is 9.04. The zero-order valence-electron chi connectivity index (χ0n) is 9.79. The Kier molecular flexibility index (Phi) is 4.58. The van der Waals surface area contributed by atoms with Gasteiger partial charge in [0.15, 0.2) is 5.60 Å². The SMILES string of the molecule is CCC(C)(OCC1CCCCC1)C(=O)O. The van der Waals surface area contributed by atoms with Crippen LogP contribution in [0.4, 0.5) is 0 Å². The van der Waals surface area contributed by atoms with Crippen LogP contribution in [-0.4, -0.2) is 23.3 Å². The molecule has 1 fully saturated rings. The smallest absolute Gasteiger partial charge is 0.335 e. The van der Waals surface area contributed by atoms with Crippen LogP contribution >= 0.6 is 0 Å². The normalized spacial score (nSPS) is 22.3. The molecule has 0 amide bonds. The molecule has 3 heteroatoms. The van der Waals surface area contributed by atoms with Crippen LogP contribution in [0.1, 0.15) is 52.4 Å². The van der Waals surface area contributed by atoms with Crippen molar-refractivity contribution in [3.05, 3.63) is 0 Å². The van der Waals surface area contributed by atoms with Crippen molar-refractivity contribution in [1.82, 2.24) is 0 Å². The van der Waals surface area contributed by atoms with Crippen LogP contribution in [0.3, 0.4) is 0 Å². The van der Waals surface area contributed by atoms with Gasteiger partial charge in [0.05, 0.1) is 6.61 Å². The van der Waals surface area contributed by atoms with Crippen molar-refractivity contribution < 1.29 is 14.6 Å². The molecular formula is C12H22O3. The predicted octanol–water partition coefficient (Wildman–Crippen LogP) is 2.84. The Bertz CT molecular complexity index is 209. The molecule has 1 unspecified atom stereocenters. The van der Waals surface area contributed by atoms with Crippen molar-refractivity contribution in [3.8, 4) is 0 Å². The van der Waals surface area contributed by atoms with Gasteiger partial charge in [-0.15, -0.1) is 0 Å². The molecule has 1 rings (SSSR count). The Morgan fingerprint density at radius 3 is 2.47 bits per heavy atom. The number of carboxylic acid groups (broad SMARTS) is 1. The fourth-order valence-electron chi connectivity index (χ4n) is 1.97. The van der Waals surface area contributed by atoms with E-state index in [1.165, 1.54) is 32.1 Å². The molecule has 1 atom stereocenters. The van der Waals surface area contributed by atoms with Crippen LogP contribution in [0.2, 0.25) is 0 Å². The van der Waals surface area contributed by atoms with Crippen molar-refractivity contribution in [2.24, 2.45) is 5.92 Å². The summed E-state index contributed by atoms with van der Waals surface area (Å²) in [4.78, 5) is 11.0. The zero-order chi connectivity index (χ0) is 11.3. The fourth-order valence-corrected chi connectivity index (χ4v) is 1.97. The number of hydrogen-bond donors (Lipinski definition) is 1. The third-order valence-corrected chi connectivity index (χ3v) is 3.49. The highest BCUT2D eigenvalue weighted by atomic mass is 16.5. The maximum atomic E-state index is 11.0. The molecule has 1 aliphatic rings. The molecule has 1 aliphatic carbocycles. The summed E-state index contributed by atoms with van der Waals surface area (Å²) in [6.45, 7) is 4.13. The van der Waals surface area contributed by atoms with E-state index < -0.39 is 11.6 Å². The van der Waals surface area contributed by atoms with E-state index in [0.717, 1.165) is 0 Å². The standard InChI is InChI=1S/C12H22O3/c1-3-12(2,11(13)14)15-9-10-7-5-4-6-8-10/h10H,3-9H2,1-2H3,(H,13,14). The Morgan fingerprint density at radius 2 is 2.00 bits per heavy atom. The lowest BCUT2D eigenvalue weighted by atomic mass is 9.90. The Balaban J connectivity index is 2.36. The van der Waals surface area contributed by atoms with Gasteiger partial charge in [0.1, 0.15) is 0 Å². The molecule has 0 aromatic heterocycles. The minimum Gasteiger partial charge on any atom is -0.479 e. The highest BCUT2D eigenvalue weighted by molar-refractivity contribution is 5.76. The van der Waals surface area contributed by atoms with Crippen molar-refractivity contribution >= 4 is 5.97 Å². The van der Waals surface area contributed by atoms with Gasteiger partial charge in [-0.05, 0) is 32.1 Å². The fraction of sp³-hybridized carbons (Fsp3) is 0.917. The largest absolute Gasteiger partial charge is 0.479 e. The summed E-state index contributed by atoms with van der Waals surface area (Å²) in [5.74, 6) is -0.273. The van der Waals surface area contributed by atoms with Gasteiger partial charge >= 0.3 is 5.97 Å². The van der Waals surface area contributed by atoms with Gasteiger partial charge in [0.2, 0.25) is 0 Å². The van der Waals surface area contributed by atoms with E-state index in [0.29, 0.717) is 18.9 Å². The van der Waals surface area contributed by atoms with E-state index in [9.17, 15) is 4.79 Å². The number of carbonyl (C=O) groups is 1. The number of rotatable bonds is 5. The second kappa shape index (κ2) is 5.50. The van der Waals surface area contributed by atoms with E-state index in [2.05, 4.69) is 0 Å². The van der Waals surface area contributed by atoms with Gasteiger partial charge in [-0.25, -0.2) is 4.79 Å². The molecule has 15 heavy (non-hydrogen) atoms. The van der Waals surface area contributed by atoms with Crippen molar-refractivity contribution in [1.29, 1.82) is 0 Å². The number of aliphatic carboxylic acids is 1. The first-order chi connectivity index (χ1) is 7.08. The molecule has 88 valence electrons. The Morgan fingerprint density at radius 1 is 1.40 bits per heavy atom. The second-order valence-electron chi connectivity index (χ2n) is 4.70. The lowest BCUT2D eigenvalue weighted by Crippen LogP contribution is -2.39. The molecule has 0 heterocycles. The first-order valence-electron chi connectivity index (χ1n) is 5.96. The van der Waals surface area contributed by atoms with E-state index in [-0.39, 0.29) is 0 Å². The monoisotopic (exact) mass is 214 g/mol. The van der Waals surface area contributed by atoms with Gasteiger partial charge in [-0.1, -0.05) is 26.2 Å². The molecule has 0 aliphatic heterocycles. The third kappa shape index (κ3) is 3.49. The van der Waals surface area contributed by atoms with Crippen molar-refractivity contribution in [2.45, 2.75) is 58.0 Å². The first kappa shape index (κ1) is 12.5. The third-order valence-electron chi connectivity index (χ3n) is 3.49. The maximum Gasteiger partial charge on any atom is 0.335 e. The molecule has 1 saturated carbocycles. The van der Waals surface area contributed by atoms with E-state index in [4.69, 9.17) is 9.84 Å². The number of ether oxygens (including phenoxy) is 1. The lowest BCUT2D eigenvalue weighted by Gasteiger charge is -2.28. The van der Waals surface area contributed by atoms with Crippen LogP contribution in [0.25, 0.3) is 0 Å². The van der Waals surface area contributed by atoms with Gasteiger partial charge in [0.25, 0.3) is 0 Å². The number of hydrogen-bond acceptors (Lipinski definition) is 2. The van der Waals surface area contributed by atoms with Gasteiger partial charge in [-0.2, -0.15) is 0 Å². The summed E-state index contributed by atoms with van der Waals surface area (Å²) in [7, 11) is 0. The summed E-state index contributed by atoms with van der Waals surface area (Å²) in [6, 6.07) is 0. The second-order valence-corrected chi connectivity index (χ2v) is 4.70. The molecule has 0 radical (unpaired) electrons. The predicted molar refractivity (Wildman–Crippen MR) is 58.9 cm³/mol. The minimum absolute atomic E-state index is 0.523. The molecule has 0 bridgehead atoms. The van der Waals surface area contributed by atoms with Crippen LogP contribution in [-0.2, 0) is 9.53 Å². The molecule has 3 nitrogen and oxygen atoms in total. The summed E-state index contributed by atoms with van der Waals surface area (Å²) in [5.41, 5.74) is -0.989. The molecule has 0 aromatic rings. The summed E-state index contributed by atoms with van der Waals surface area (Å²) >= 11 is 0. The Labute approximate surface area is 91.8 Å². The molecule has 0 saturated heterocycles. The quantitative estimate of drug-likeness (QED) is 0.765. The molecule has 0 aromatic carbocycles. The van der Waals surface area contributed by atoms with Crippen LogP contribution in [0.15, 0.2) is 0 Å². The van der Waals surface area contributed by atoms with E-state index in [1.54, 1.807) is 6.92 Å². The average molecular weight is 214 g/mol. The topological polar surface area (TPSA) is 46.5 Å². The zero-order valence-corrected chi connectivity index (χ0v) is 9.79. The maximum absolute atomic E-state index is 11.0. The molecular weight excluding hydrogens is 192 g/mol. The van der Waals surface area contributed by atoms with Gasteiger partial charge in [-0.3, -0.25) is 0 Å². The van der Waals surface area contributed by atoms with Crippen molar-refractivity contribution in [2.75, 3.05) is 6.61 Å². The summed E-state index contributed by atoms with van der Waals surface area (Å²) < 4.78 is 5.58. The van der Waals surface area contributed by atoms with Gasteiger partial charge in [0, 0.05) is 0 Å². The molecule has 1 N–H and O–H groups in total. The number of carboxylic acids is 1. The average Bonchev–Trinajstić information content (AvgIpc) is 2.27.